The van der Waals surface area contributed by atoms with Crippen molar-refractivity contribution in [2.75, 3.05) is 39.3 Å². The molecular formula is C40H47F3N6O6. The van der Waals surface area contributed by atoms with Gasteiger partial charge < -0.3 is 30.0 Å². The van der Waals surface area contributed by atoms with Crippen LogP contribution >= 0.6 is 0 Å². The van der Waals surface area contributed by atoms with E-state index in [-0.39, 0.29) is 45.0 Å². The fraction of sp³-hybridized carbons (Fsp3) is 0.450. The lowest BCUT2D eigenvalue weighted by Crippen LogP contribution is -2.63. The number of piperazine rings is 1. The van der Waals surface area contributed by atoms with Crippen LogP contribution in [0.5, 0.6) is 5.75 Å². The van der Waals surface area contributed by atoms with Gasteiger partial charge in [-0.05, 0) is 57.4 Å². The summed E-state index contributed by atoms with van der Waals surface area (Å²) in [6.07, 6.45) is -3.19. The van der Waals surface area contributed by atoms with Crippen LogP contribution in [0, 0.1) is 12.8 Å². The summed E-state index contributed by atoms with van der Waals surface area (Å²) in [5, 5.41) is 27.4. The third-order valence-corrected chi connectivity index (χ3v) is 10.3. The number of rotatable bonds is 13. The lowest BCUT2D eigenvalue weighted by atomic mass is 9.90. The van der Waals surface area contributed by atoms with Crippen molar-refractivity contribution in [1.29, 1.82) is 0 Å². The highest BCUT2D eigenvalue weighted by molar-refractivity contribution is 5.82. The second kappa shape index (κ2) is 16.9. The van der Waals surface area contributed by atoms with E-state index in [4.69, 9.17) is 9.15 Å². The summed E-state index contributed by atoms with van der Waals surface area (Å²) in [6, 6.07) is 18.3. The zero-order valence-electron chi connectivity index (χ0n) is 31.0. The molecule has 15 heteroatoms. The Morgan fingerprint density at radius 1 is 1.04 bits per heavy atom. The summed E-state index contributed by atoms with van der Waals surface area (Å²) in [6.45, 7) is 4.59. The van der Waals surface area contributed by atoms with Crippen LogP contribution in [0.4, 0.5) is 13.2 Å². The van der Waals surface area contributed by atoms with Gasteiger partial charge in [-0.25, -0.2) is 4.98 Å². The van der Waals surface area contributed by atoms with Crippen molar-refractivity contribution in [3.05, 3.63) is 102 Å². The summed E-state index contributed by atoms with van der Waals surface area (Å²) in [7, 11) is 0. The van der Waals surface area contributed by atoms with Gasteiger partial charge in [-0.15, -0.1) is 0 Å². The average molecular weight is 765 g/mol. The van der Waals surface area contributed by atoms with Gasteiger partial charge in [0, 0.05) is 55.6 Å². The number of oxazole rings is 1. The van der Waals surface area contributed by atoms with Gasteiger partial charge in [0.2, 0.25) is 17.7 Å². The number of hydrogen-bond acceptors (Lipinski definition) is 10. The number of benzene rings is 2. The number of alkyl halides is 3. The number of carbonyl (C=O) groups excluding carboxylic acids is 2. The maximum Gasteiger partial charge on any atom is 0.405 e. The molecule has 2 aliphatic rings. The molecule has 0 unspecified atom stereocenters. The molecule has 2 aromatic heterocycles. The number of para-hydroxylation sites is 1. The van der Waals surface area contributed by atoms with E-state index in [0.29, 0.717) is 35.2 Å². The van der Waals surface area contributed by atoms with Crippen molar-refractivity contribution in [3.8, 4) is 17.1 Å². The van der Waals surface area contributed by atoms with E-state index in [9.17, 15) is 33.0 Å². The second-order valence-corrected chi connectivity index (χ2v) is 14.7. The predicted molar refractivity (Wildman–Crippen MR) is 197 cm³/mol. The van der Waals surface area contributed by atoms with Crippen LogP contribution in [0.2, 0.25) is 0 Å². The Kier molecular flexibility index (Phi) is 12.2. The molecule has 0 saturated carbocycles. The first-order valence-electron chi connectivity index (χ1n) is 18.3. The van der Waals surface area contributed by atoms with E-state index in [1.165, 1.54) is 0 Å². The lowest BCUT2D eigenvalue weighted by Gasteiger charge is -2.46. The normalized spacial score (nSPS) is 20.5. The number of halogens is 3. The van der Waals surface area contributed by atoms with Crippen LogP contribution in [-0.4, -0.2) is 106 Å². The van der Waals surface area contributed by atoms with Gasteiger partial charge in [0.05, 0.1) is 23.4 Å². The molecular weight excluding hydrogens is 717 g/mol. The van der Waals surface area contributed by atoms with Crippen molar-refractivity contribution in [2.24, 2.45) is 5.92 Å². The smallest absolute Gasteiger partial charge is 0.405 e. The number of aliphatic hydroxyl groups excluding tert-OH is 2. The molecule has 2 amide bonds. The van der Waals surface area contributed by atoms with Gasteiger partial charge in [0.1, 0.15) is 31.0 Å². The van der Waals surface area contributed by atoms with Gasteiger partial charge in [0.25, 0.3) is 0 Å². The molecule has 55 heavy (non-hydrogen) atoms. The topological polar surface area (TPSA) is 153 Å². The Balaban J connectivity index is 1.19. The molecule has 0 spiro atoms. The fourth-order valence-corrected chi connectivity index (χ4v) is 7.31. The molecule has 5 atom stereocenters. The second-order valence-electron chi connectivity index (χ2n) is 14.7. The SMILES string of the molecule is Cc1nc(C(C)(C)N2CCN(C[C@@H](O)C[C@@H](Cc3ccccc3)C(=O)N[C@H]3c4ccccc4OC[C@H]3O)[C@H](C(=O)NCC(F)(F)F)C2)oc1-c1cccnc1. The lowest BCUT2D eigenvalue weighted by molar-refractivity contribution is -0.144. The highest BCUT2D eigenvalue weighted by Crippen LogP contribution is 2.35. The van der Waals surface area contributed by atoms with E-state index >= 15 is 0 Å². The van der Waals surface area contributed by atoms with E-state index < -0.39 is 54.4 Å². The Bertz CT molecular complexity index is 1910. The summed E-state index contributed by atoms with van der Waals surface area (Å²) in [4.78, 5) is 39.9. The van der Waals surface area contributed by atoms with E-state index in [1.807, 2.05) is 67.4 Å². The Morgan fingerprint density at radius 3 is 2.51 bits per heavy atom. The average Bonchev–Trinajstić information content (AvgIpc) is 3.57. The highest BCUT2D eigenvalue weighted by Gasteiger charge is 2.43. The predicted octanol–water partition coefficient (Wildman–Crippen LogP) is 4.17. The summed E-state index contributed by atoms with van der Waals surface area (Å²) in [5.74, 6) is -0.501. The number of aromatic nitrogens is 2. The number of aliphatic hydroxyl groups is 2. The zero-order valence-corrected chi connectivity index (χ0v) is 31.0. The fourth-order valence-electron chi connectivity index (χ4n) is 7.31. The van der Waals surface area contributed by atoms with Crippen molar-refractivity contribution in [1.82, 2.24) is 30.4 Å². The van der Waals surface area contributed by atoms with Gasteiger partial charge in [0.15, 0.2) is 5.76 Å². The largest absolute Gasteiger partial charge is 0.490 e. The van der Waals surface area contributed by atoms with Crippen LogP contribution < -0.4 is 15.4 Å². The number of amides is 2. The number of β-amino-alcohol motifs (C(OH)–C–C–N with tert-alkyl or cyclic N) is 1. The Labute approximate surface area is 317 Å². The summed E-state index contributed by atoms with van der Waals surface area (Å²) < 4.78 is 51.7. The third-order valence-electron chi connectivity index (χ3n) is 10.3. The van der Waals surface area contributed by atoms with Crippen molar-refractivity contribution >= 4 is 11.8 Å². The number of carbonyl (C=O) groups is 2. The first-order chi connectivity index (χ1) is 26.2. The Hall–Kier alpha value is -4.83. The number of pyridine rings is 1. The van der Waals surface area contributed by atoms with Gasteiger partial charge in [-0.3, -0.25) is 24.4 Å². The minimum Gasteiger partial charge on any atom is -0.490 e. The van der Waals surface area contributed by atoms with Gasteiger partial charge in [-0.1, -0.05) is 48.5 Å². The zero-order chi connectivity index (χ0) is 39.3. The van der Waals surface area contributed by atoms with Crippen molar-refractivity contribution < 1.29 is 42.1 Å². The number of nitrogens with one attached hydrogen (secondary N) is 2. The molecule has 294 valence electrons. The van der Waals surface area contributed by atoms with E-state index in [2.05, 4.69) is 15.3 Å². The van der Waals surface area contributed by atoms with Crippen LogP contribution in [0.25, 0.3) is 11.3 Å². The number of nitrogens with zero attached hydrogens (tertiary/aromatic N) is 4. The highest BCUT2D eigenvalue weighted by atomic mass is 19.4. The van der Waals surface area contributed by atoms with Crippen molar-refractivity contribution in [3.63, 3.8) is 0 Å². The number of hydrogen-bond donors (Lipinski definition) is 4. The molecule has 12 nitrogen and oxygen atoms in total. The molecule has 2 aromatic carbocycles. The molecule has 4 heterocycles. The van der Waals surface area contributed by atoms with Crippen LogP contribution in [0.3, 0.4) is 0 Å². The Morgan fingerprint density at radius 2 is 1.78 bits per heavy atom. The third kappa shape index (κ3) is 9.71. The van der Waals surface area contributed by atoms with Gasteiger partial charge >= 0.3 is 6.18 Å². The first kappa shape index (κ1) is 39.9. The van der Waals surface area contributed by atoms with Crippen LogP contribution in [0.1, 0.15) is 49.0 Å². The maximum atomic E-state index is 14.0. The number of aryl methyl sites for hydroxylation is 1. The molecule has 1 fully saturated rings. The van der Waals surface area contributed by atoms with Crippen LogP contribution in [0.15, 0.2) is 83.5 Å². The molecule has 0 bridgehead atoms. The van der Waals surface area contributed by atoms with Crippen LogP contribution in [-0.2, 0) is 21.5 Å². The molecule has 4 N–H and O–H groups in total. The quantitative estimate of drug-likeness (QED) is 0.156. The first-order valence-corrected chi connectivity index (χ1v) is 18.3. The van der Waals surface area contributed by atoms with Gasteiger partial charge in [-0.2, -0.15) is 13.2 Å². The monoisotopic (exact) mass is 764 g/mol. The summed E-state index contributed by atoms with van der Waals surface area (Å²) in [5.41, 5.74) is 2.00. The molecule has 4 aromatic rings. The molecule has 0 aliphatic carbocycles. The number of fused-ring (bicyclic) bond motifs is 1. The van der Waals surface area contributed by atoms with E-state index in [1.54, 1.807) is 47.6 Å². The van der Waals surface area contributed by atoms with E-state index in [0.717, 1.165) is 11.1 Å². The summed E-state index contributed by atoms with van der Waals surface area (Å²) >= 11 is 0. The number of ether oxygens (including phenoxy) is 1. The standard InChI is InChI=1S/C40H47F3N6O6/c1-25-35(27-12-9-15-44-20-27)55-38(46-25)39(2,3)49-17-16-48(31(22-49)37(53)45-24-40(41,42)43)21-29(50)19-28(18-26-10-5-4-6-11-26)36(52)47-34-30-13-7-8-14-33(30)54-23-32(34)51/h4-15,20,28-29,31-32,34,50-51H,16-19,21-24H2,1-3H3,(H,45,53)(H,47,52)/t28-,29+,31+,32-,34+/m1/s1. The maximum absolute atomic E-state index is 14.0. The minimum absolute atomic E-state index is 0.00419. The van der Waals surface area contributed by atoms with Crippen molar-refractivity contribution in [2.45, 2.75) is 69.6 Å². The molecule has 2 aliphatic heterocycles. The molecule has 6 rings (SSSR count). The minimum atomic E-state index is -4.62. The molecule has 0 radical (unpaired) electrons. The molecule has 1 saturated heterocycles.